The van der Waals surface area contributed by atoms with Gasteiger partial charge in [0.05, 0.1) is 0 Å². The van der Waals surface area contributed by atoms with Crippen LogP contribution >= 0.6 is 0 Å². The zero-order chi connectivity index (χ0) is 15.4. The monoisotopic (exact) mass is 285 g/mol. The quantitative estimate of drug-likeness (QED) is 0.652. The summed E-state index contributed by atoms with van der Waals surface area (Å²) in [5.41, 5.74) is 6.10. The fraction of sp³-hybridized carbons (Fsp3) is 0.375. The Hall–Kier alpha value is -2.14. The van der Waals surface area contributed by atoms with Crippen LogP contribution in [-0.2, 0) is 6.42 Å². The van der Waals surface area contributed by atoms with Crippen molar-refractivity contribution in [3.63, 3.8) is 0 Å². The number of aromatic nitrogens is 2. The first kappa shape index (κ1) is 15.3. The molecule has 1 aromatic heterocycles. The second kappa shape index (κ2) is 6.54. The van der Waals surface area contributed by atoms with Crippen LogP contribution in [0.4, 0.5) is 17.3 Å². The van der Waals surface area contributed by atoms with Crippen molar-refractivity contribution in [3.8, 4) is 0 Å². The summed E-state index contributed by atoms with van der Waals surface area (Å²) in [6, 6.07) is 8.51. The Morgan fingerprint density at radius 2 is 1.86 bits per heavy atom. The lowest BCUT2D eigenvalue weighted by atomic mass is 10.0. The summed E-state index contributed by atoms with van der Waals surface area (Å²) in [6.07, 6.45) is 2.57. The summed E-state index contributed by atoms with van der Waals surface area (Å²) >= 11 is 0. The lowest BCUT2D eigenvalue weighted by molar-refractivity contribution is 0.839. The van der Waals surface area contributed by atoms with Gasteiger partial charge in [0.2, 0.25) is 0 Å². The molecule has 5 nitrogen and oxygen atoms in total. The van der Waals surface area contributed by atoms with Crippen LogP contribution in [0.15, 0.2) is 30.6 Å². The molecule has 2 rings (SSSR count). The van der Waals surface area contributed by atoms with Crippen molar-refractivity contribution in [2.75, 3.05) is 17.4 Å². The lowest BCUT2D eigenvalue weighted by Crippen LogP contribution is -2.18. The molecule has 0 aliphatic heterocycles. The number of hydrazine groups is 1. The van der Waals surface area contributed by atoms with Gasteiger partial charge < -0.3 is 10.3 Å². The Kier molecular flexibility index (Phi) is 4.75. The van der Waals surface area contributed by atoms with Crippen molar-refractivity contribution in [3.05, 3.63) is 41.7 Å². The summed E-state index contributed by atoms with van der Waals surface area (Å²) in [6.45, 7) is 6.37. The first-order valence-corrected chi connectivity index (χ1v) is 7.22. The van der Waals surface area contributed by atoms with E-state index in [4.69, 9.17) is 5.84 Å². The molecule has 0 saturated carbocycles. The summed E-state index contributed by atoms with van der Waals surface area (Å²) in [5, 5.41) is 0. The second-order valence-electron chi connectivity index (χ2n) is 5.34. The molecule has 1 aromatic carbocycles. The highest BCUT2D eigenvalue weighted by Crippen LogP contribution is 2.33. The van der Waals surface area contributed by atoms with E-state index in [0.717, 1.165) is 23.5 Å². The van der Waals surface area contributed by atoms with Crippen molar-refractivity contribution < 1.29 is 0 Å². The van der Waals surface area contributed by atoms with Crippen molar-refractivity contribution in [2.45, 2.75) is 33.1 Å². The molecule has 3 N–H and O–H groups in total. The Bertz CT molecular complexity index is 592. The number of hydrogen-bond acceptors (Lipinski definition) is 5. The highest BCUT2D eigenvalue weighted by Gasteiger charge is 2.18. The van der Waals surface area contributed by atoms with Crippen LogP contribution in [0.1, 0.15) is 37.8 Å². The van der Waals surface area contributed by atoms with Gasteiger partial charge in [0.15, 0.2) is 0 Å². The smallest absolute Gasteiger partial charge is 0.148 e. The van der Waals surface area contributed by atoms with Gasteiger partial charge in [0.1, 0.15) is 18.0 Å². The molecule has 0 aliphatic rings. The normalized spacial score (nSPS) is 10.8. The number of nitrogen functional groups attached to an aromatic ring is 1. The third-order valence-corrected chi connectivity index (χ3v) is 3.63. The van der Waals surface area contributed by atoms with E-state index in [1.807, 2.05) is 7.05 Å². The standard InChI is InChI=1S/C16H23N5/c1-5-12-6-8-13(9-7-12)21(4)16-14(11(2)3)15(20-17)18-10-19-16/h6-11H,5,17H2,1-4H3,(H,18,19,20). The number of hydrogen-bond donors (Lipinski definition) is 2. The molecule has 0 radical (unpaired) electrons. The number of nitrogens with one attached hydrogen (secondary N) is 1. The molecule has 0 spiro atoms. The fourth-order valence-corrected chi connectivity index (χ4v) is 2.38. The predicted octanol–water partition coefficient (Wildman–Crippen LogP) is 3.22. The highest BCUT2D eigenvalue weighted by atomic mass is 15.3. The van der Waals surface area contributed by atoms with E-state index in [9.17, 15) is 0 Å². The minimum absolute atomic E-state index is 0.268. The summed E-state index contributed by atoms with van der Waals surface area (Å²) < 4.78 is 0. The van der Waals surface area contributed by atoms with Crippen LogP contribution in [-0.4, -0.2) is 17.0 Å². The molecule has 2 aromatic rings. The second-order valence-corrected chi connectivity index (χ2v) is 5.34. The number of rotatable bonds is 5. The Balaban J connectivity index is 2.44. The van der Waals surface area contributed by atoms with Crippen LogP contribution < -0.4 is 16.2 Å². The summed E-state index contributed by atoms with van der Waals surface area (Å²) in [5.74, 6) is 7.39. The van der Waals surface area contributed by atoms with E-state index in [1.54, 1.807) is 0 Å². The van der Waals surface area contributed by atoms with Gasteiger partial charge in [-0.1, -0.05) is 32.9 Å². The number of nitrogens with two attached hydrogens (primary N) is 1. The average Bonchev–Trinajstić information content (AvgIpc) is 2.53. The largest absolute Gasteiger partial charge is 0.329 e. The number of benzene rings is 1. The lowest BCUT2D eigenvalue weighted by Gasteiger charge is -2.24. The van der Waals surface area contributed by atoms with Crippen LogP contribution in [0, 0.1) is 0 Å². The van der Waals surface area contributed by atoms with Gasteiger partial charge >= 0.3 is 0 Å². The maximum absolute atomic E-state index is 5.58. The molecule has 0 bridgehead atoms. The van der Waals surface area contributed by atoms with E-state index in [1.165, 1.54) is 11.9 Å². The zero-order valence-corrected chi connectivity index (χ0v) is 13.1. The van der Waals surface area contributed by atoms with Crippen LogP contribution in [0.3, 0.4) is 0 Å². The third kappa shape index (κ3) is 3.13. The molecule has 1 heterocycles. The van der Waals surface area contributed by atoms with Crippen LogP contribution in [0.25, 0.3) is 0 Å². The van der Waals surface area contributed by atoms with Crippen molar-refractivity contribution in [1.82, 2.24) is 9.97 Å². The maximum Gasteiger partial charge on any atom is 0.148 e. The van der Waals surface area contributed by atoms with Gasteiger partial charge in [0.25, 0.3) is 0 Å². The average molecular weight is 285 g/mol. The van der Waals surface area contributed by atoms with Gasteiger partial charge in [-0.25, -0.2) is 15.8 Å². The number of aryl methyl sites for hydroxylation is 1. The van der Waals surface area contributed by atoms with Gasteiger partial charge in [-0.2, -0.15) is 0 Å². The number of nitrogens with zero attached hydrogens (tertiary/aromatic N) is 3. The zero-order valence-electron chi connectivity index (χ0n) is 13.1. The van der Waals surface area contributed by atoms with E-state index in [0.29, 0.717) is 5.82 Å². The van der Waals surface area contributed by atoms with Gasteiger partial charge in [0, 0.05) is 18.3 Å². The molecular weight excluding hydrogens is 262 g/mol. The number of anilines is 3. The topological polar surface area (TPSA) is 67.1 Å². The molecule has 0 amide bonds. The van der Waals surface area contributed by atoms with Crippen molar-refractivity contribution >= 4 is 17.3 Å². The Morgan fingerprint density at radius 3 is 2.38 bits per heavy atom. The predicted molar refractivity (Wildman–Crippen MR) is 87.8 cm³/mol. The van der Waals surface area contributed by atoms with Gasteiger partial charge in [-0.05, 0) is 30.0 Å². The van der Waals surface area contributed by atoms with Crippen molar-refractivity contribution in [2.24, 2.45) is 5.84 Å². The first-order chi connectivity index (χ1) is 10.1. The third-order valence-electron chi connectivity index (χ3n) is 3.63. The first-order valence-electron chi connectivity index (χ1n) is 7.22. The summed E-state index contributed by atoms with van der Waals surface area (Å²) in [4.78, 5) is 10.7. The fourth-order valence-electron chi connectivity index (χ4n) is 2.38. The molecular formula is C16H23N5. The molecule has 112 valence electrons. The molecule has 5 heteroatoms. The summed E-state index contributed by atoms with van der Waals surface area (Å²) in [7, 11) is 2.01. The SMILES string of the molecule is CCc1ccc(N(C)c2ncnc(NN)c2C(C)C)cc1. The highest BCUT2D eigenvalue weighted by molar-refractivity contribution is 5.67. The Morgan fingerprint density at radius 1 is 1.19 bits per heavy atom. The molecule has 0 fully saturated rings. The minimum Gasteiger partial charge on any atom is -0.329 e. The maximum atomic E-state index is 5.58. The van der Waals surface area contributed by atoms with E-state index in [-0.39, 0.29) is 5.92 Å². The van der Waals surface area contributed by atoms with Crippen molar-refractivity contribution in [1.29, 1.82) is 0 Å². The van der Waals surface area contributed by atoms with E-state index in [2.05, 4.69) is 65.3 Å². The van der Waals surface area contributed by atoms with E-state index < -0.39 is 0 Å². The molecule has 0 unspecified atom stereocenters. The molecule has 21 heavy (non-hydrogen) atoms. The minimum atomic E-state index is 0.268. The van der Waals surface area contributed by atoms with Gasteiger partial charge in [-0.15, -0.1) is 0 Å². The van der Waals surface area contributed by atoms with E-state index >= 15 is 0 Å². The van der Waals surface area contributed by atoms with Gasteiger partial charge in [-0.3, -0.25) is 0 Å². The molecule has 0 aliphatic carbocycles. The van der Waals surface area contributed by atoms with Crippen LogP contribution in [0.5, 0.6) is 0 Å². The molecule has 0 saturated heterocycles. The Labute approximate surface area is 126 Å². The molecule has 0 atom stereocenters. The van der Waals surface area contributed by atoms with Crippen LogP contribution in [0.2, 0.25) is 0 Å².